The fourth-order valence-corrected chi connectivity index (χ4v) is 3.23. The Morgan fingerprint density at radius 2 is 2.24 bits per heavy atom. The van der Waals surface area contributed by atoms with Crippen molar-refractivity contribution in [1.82, 2.24) is 15.1 Å². The first-order valence-corrected chi connectivity index (χ1v) is 6.94. The minimum atomic E-state index is 0.329. The molecule has 17 heavy (non-hydrogen) atoms. The van der Waals surface area contributed by atoms with E-state index in [1.54, 1.807) is 6.20 Å². The maximum absolute atomic E-state index is 6.19. The predicted octanol–water partition coefficient (Wildman–Crippen LogP) is 3.30. The number of nitrogens with zero attached hydrogens (tertiary/aromatic N) is 2. The number of hydrogen-bond acceptors (Lipinski definition) is 2. The highest BCUT2D eigenvalue weighted by molar-refractivity contribution is 6.31. The number of halogens is 1. The molecule has 96 valence electrons. The van der Waals surface area contributed by atoms with Crippen molar-refractivity contribution in [3.8, 4) is 0 Å². The van der Waals surface area contributed by atoms with Crippen LogP contribution in [0.5, 0.6) is 0 Å². The van der Waals surface area contributed by atoms with Gasteiger partial charge in [-0.1, -0.05) is 37.3 Å². The molecule has 1 aromatic rings. The predicted molar refractivity (Wildman–Crippen MR) is 71.2 cm³/mol. The molecular formula is C13H22ClN3. The third-order valence-corrected chi connectivity index (χ3v) is 4.25. The molecule has 0 spiro atoms. The van der Waals surface area contributed by atoms with E-state index in [-0.39, 0.29) is 0 Å². The summed E-state index contributed by atoms with van der Waals surface area (Å²) in [5, 5.41) is 8.35. The lowest BCUT2D eigenvalue weighted by atomic mass is 9.97. The lowest BCUT2D eigenvalue weighted by Gasteiger charge is -2.19. The van der Waals surface area contributed by atoms with Crippen molar-refractivity contribution < 1.29 is 0 Å². The molecule has 2 rings (SSSR count). The number of aromatic nitrogens is 2. The zero-order chi connectivity index (χ0) is 12.3. The lowest BCUT2D eigenvalue weighted by molar-refractivity contribution is 0.414. The molecule has 1 atom stereocenters. The Balaban J connectivity index is 1.96. The normalized spacial score (nSPS) is 18.8. The monoisotopic (exact) mass is 255 g/mol. The number of nitrogens with one attached hydrogen (secondary N) is 1. The molecule has 0 bridgehead atoms. The highest BCUT2D eigenvalue weighted by atomic mass is 35.5. The molecule has 1 saturated carbocycles. The third-order valence-electron chi connectivity index (χ3n) is 3.95. The maximum Gasteiger partial charge on any atom is 0.0833 e. The Morgan fingerprint density at radius 3 is 2.76 bits per heavy atom. The van der Waals surface area contributed by atoms with Crippen LogP contribution in [0.25, 0.3) is 0 Å². The summed E-state index contributed by atoms with van der Waals surface area (Å²) < 4.78 is 1.89. The van der Waals surface area contributed by atoms with Gasteiger partial charge in [0.05, 0.1) is 23.0 Å². The summed E-state index contributed by atoms with van der Waals surface area (Å²) in [4.78, 5) is 0. The average Bonchev–Trinajstić information content (AvgIpc) is 2.93. The van der Waals surface area contributed by atoms with Crippen molar-refractivity contribution >= 4 is 11.6 Å². The van der Waals surface area contributed by atoms with E-state index in [0.29, 0.717) is 6.04 Å². The van der Waals surface area contributed by atoms with E-state index < -0.39 is 0 Å². The zero-order valence-corrected chi connectivity index (χ0v) is 11.5. The molecule has 0 radical (unpaired) electrons. The SMILES string of the molecule is CNC(CCC1CCCC1)c1c(Cl)cnn1C. The van der Waals surface area contributed by atoms with Crippen LogP contribution in [-0.2, 0) is 7.05 Å². The molecule has 0 amide bonds. The average molecular weight is 256 g/mol. The van der Waals surface area contributed by atoms with Crippen LogP contribution < -0.4 is 5.32 Å². The van der Waals surface area contributed by atoms with Crippen LogP contribution in [0.15, 0.2) is 6.20 Å². The molecule has 1 fully saturated rings. The second-order valence-electron chi connectivity index (χ2n) is 5.07. The molecule has 1 unspecified atom stereocenters. The molecule has 0 aliphatic heterocycles. The van der Waals surface area contributed by atoms with E-state index in [1.807, 2.05) is 18.8 Å². The summed E-state index contributed by atoms with van der Waals surface area (Å²) >= 11 is 6.19. The maximum atomic E-state index is 6.19. The molecule has 1 aliphatic carbocycles. The molecule has 1 heterocycles. The van der Waals surface area contributed by atoms with Gasteiger partial charge in [0.15, 0.2) is 0 Å². The quantitative estimate of drug-likeness (QED) is 0.875. The van der Waals surface area contributed by atoms with Gasteiger partial charge in [0.2, 0.25) is 0 Å². The largest absolute Gasteiger partial charge is 0.312 e. The molecule has 1 aromatic heterocycles. The van der Waals surface area contributed by atoms with E-state index in [0.717, 1.165) is 23.1 Å². The molecular weight excluding hydrogens is 234 g/mol. The van der Waals surface area contributed by atoms with Gasteiger partial charge in [0.1, 0.15) is 0 Å². The minimum absolute atomic E-state index is 0.329. The van der Waals surface area contributed by atoms with Crippen LogP contribution in [0.3, 0.4) is 0 Å². The summed E-state index contributed by atoms with van der Waals surface area (Å²) in [6.07, 6.45) is 9.85. The Kier molecular flexibility index (Phi) is 4.46. The van der Waals surface area contributed by atoms with Gasteiger partial charge in [0.25, 0.3) is 0 Å². The molecule has 3 nitrogen and oxygen atoms in total. The van der Waals surface area contributed by atoms with Crippen LogP contribution in [0.2, 0.25) is 5.02 Å². The number of hydrogen-bond donors (Lipinski definition) is 1. The van der Waals surface area contributed by atoms with Gasteiger partial charge in [-0.3, -0.25) is 4.68 Å². The van der Waals surface area contributed by atoms with Crippen LogP contribution in [0, 0.1) is 5.92 Å². The third kappa shape index (κ3) is 3.02. The smallest absolute Gasteiger partial charge is 0.0833 e. The highest BCUT2D eigenvalue weighted by Crippen LogP contribution is 2.32. The molecule has 0 aromatic carbocycles. The van der Waals surface area contributed by atoms with Crippen molar-refractivity contribution in [2.75, 3.05) is 7.05 Å². The van der Waals surface area contributed by atoms with Crippen molar-refractivity contribution in [3.05, 3.63) is 16.9 Å². The Bertz CT molecular complexity index is 336. The fourth-order valence-electron chi connectivity index (χ4n) is 2.93. The van der Waals surface area contributed by atoms with E-state index >= 15 is 0 Å². The van der Waals surface area contributed by atoms with Crippen molar-refractivity contribution in [3.63, 3.8) is 0 Å². The standard InChI is InChI=1S/C13H22ClN3/c1-15-12(8-7-10-5-3-4-6-10)13-11(14)9-16-17(13)2/h9-10,12,15H,3-8H2,1-2H3. The van der Waals surface area contributed by atoms with Crippen LogP contribution in [0.1, 0.15) is 50.3 Å². The van der Waals surface area contributed by atoms with Crippen molar-refractivity contribution in [2.45, 2.75) is 44.6 Å². The lowest BCUT2D eigenvalue weighted by Crippen LogP contribution is -2.20. The van der Waals surface area contributed by atoms with Crippen LogP contribution in [-0.4, -0.2) is 16.8 Å². The number of rotatable bonds is 5. The summed E-state index contributed by atoms with van der Waals surface area (Å²) in [7, 11) is 3.96. The summed E-state index contributed by atoms with van der Waals surface area (Å²) in [5.74, 6) is 0.929. The van der Waals surface area contributed by atoms with Gasteiger partial charge in [-0.2, -0.15) is 5.10 Å². The number of aryl methyl sites for hydroxylation is 1. The molecule has 1 N–H and O–H groups in total. The Morgan fingerprint density at radius 1 is 1.53 bits per heavy atom. The second-order valence-corrected chi connectivity index (χ2v) is 5.48. The first-order chi connectivity index (χ1) is 8.22. The van der Waals surface area contributed by atoms with Gasteiger partial charge < -0.3 is 5.32 Å². The summed E-state index contributed by atoms with van der Waals surface area (Å²) in [6, 6.07) is 0.329. The molecule has 4 heteroatoms. The minimum Gasteiger partial charge on any atom is -0.312 e. The highest BCUT2D eigenvalue weighted by Gasteiger charge is 2.21. The van der Waals surface area contributed by atoms with E-state index in [9.17, 15) is 0 Å². The summed E-state index contributed by atoms with van der Waals surface area (Å²) in [6.45, 7) is 0. The molecule has 0 saturated heterocycles. The van der Waals surface area contributed by atoms with Crippen molar-refractivity contribution in [2.24, 2.45) is 13.0 Å². The van der Waals surface area contributed by atoms with E-state index in [1.165, 1.54) is 32.1 Å². The second kappa shape index (κ2) is 5.87. The fraction of sp³-hybridized carbons (Fsp3) is 0.769. The van der Waals surface area contributed by atoms with Gasteiger partial charge in [-0.15, -0.1) is 0 Å². The van der Waals surface area contributed by atoms with Gasteiger partial charge >= 0.3 is 0 Å². The topological polar surface area (TPSA) is 29.9 Å². The molecule has 1 aliphatic rings. The van der Waals surface area contributed by atoms with Gasteiger partial charge in [-0.05, 0) is 25.8 Å². The first-order valence-electron chi connectivity index (χ1n) is 6.57. The zero-order valence-electron chi connectivity index (χ0n) is 10.7. The van der Waals surface area contributed by atoms with Crippen molar-refractivity contribution in [1.29, 1.82) is 0 Å². The van der Waals surface area contributed by atoms with Gasteiger partial charge in [-0.25, -0.2) is 0 Å². The Labute approximate surface area is 109 Å². The van der Waals surface area contributed by atoms with Crippen LogP contribution >= 0.6 is 11.6 Å². The van der Waals surface area contributed by atoms with E-state index in [4.69, 9.17) is 11.6 Å². The Hall–Kier alpha value is -0.540. The van der Waals surface area contributed by atoms with Crippen LogP contribution in [0.4, 0.5) is 0 Å². The first kappa shape index (κ1) is 12.9. The summed E-state index contributed by atoms with van der Waals surface area (Å²) in [5.41, 5.74) is 1.12. The van der Waals surface area contributed by atoms with Gasteiger partial charge in [0, 0.05) is 7.05 Å². The van der Waals surface area contributed by atoms with E-state index in [2.05, 4.69) is 10.4 Å².